The highest BCUT2D eigenvalue weighted by Crippen LogP contribution is 2.35. The zero-order chi connectivity index (χ0) is 19.7. The van der Waals surface area contributed by atoms with E-state index in [1.54, 1.807) is 12.1 Å². The Hall–Kier alpha value is -2.33. The lowest BCUT2D eigenvalue weighted by molar-refractivity contribution is -0.130. The van der Waals surface area contributed by atoms with Gasteiger partial charge < -0.3 is 14.6 Å². The van der Waals surface area contributed by atoms with Crippen LogP contribution < -0.4 is 14.9 Å². The number of phenolic OH excluding ortho intramolecular Hbond substituents is 1. The lowest BCUT2D eigenvalue weighted by Gasteiger charge is -2.25. The van der Waals surface area contributed by atoms with Crippen LogP contribution in [0.1, 0.15) is 5.56 Å². The summed E-state index contributed by atoms with van der Waals surface area (Å²) >= 11 is 5.38. The van der Waals surface area contributed by atoms with Crippen LogP contribution in [0.25, 0.3) is 10.8 Å². The second-order valence-corrected chi connectivity index (χ2v) is 8.20. The molecule has 2 N–H and O–H groups in total. The molecule has 0 saturated heterocycles. The summed E-state index contributed by atoms with van der Waals surface area (Å²) < 4.78 is 13.0. The van der Waals surface area contributed by atoms with Crippen LogP contribution in [0.5, 0.6) is 17.2 Å². The topological polar surface area (TPSA) is 80.2 Å². The minimum absolute atomic E-state index is 0.0900. The van der Waals surface area contributed by atoms with Gasteiger partial charge in [-0.2, -0.15) is 5.10 Å². The maximum atomic E-state index is 12.4. The number of hydrazone groups is 1. The van der Waals surface area contributed by atoms with Gasteiger partial charge in [0.15, 0.2) is 11.5 Å². The number of hydrogen-bond acceptors (Lipinski definition) is 5. The number of benzene rings is 3. The van der Waals surface area contributed by atoms with Crippen molar-refractivity contribution < 1.29 is 19.4 Å². The van der Waals surface area contributed by atoms with Gasteiger partial charge in [-0.25, -0.2) is 5.43 Å². The highest BCUT2D eigenvalue weighted by Gasteiger charge is 2.27. The number of carbonyl (C=O) groups excluding carboxylic acids is 1. The van der Waals surface area contributed by atoms with Crippen LogP contribution in [0.15, 0.2) is 58.1 Å². The quantitative estimate of drug-likeness (QED) is 0.290. The molecule has 28 heavy (non-hydrogen) atoms. The zero-order valence-electron chi connectivity index (χ0n) is 14.4. The summed E-state index contributed by atoms with van der Waals surface area (Å²) in [5, 5.41) is 16.0. The van der Waals surface area contributed by atoms with E-state index in [0.717, 1.165) is 15.2 Å². The van der Waals surface area contributed by atoms with Crippen molar-refractivity contribution in [2.24, 2.45) is 5.10 Å². The SMILES string of the molecule is O=C(N/N=C/c1cc(Br)cc(I)c1O)[C@H]1COc2cc3ccccc3cc2O1. The molecule has 0 fully saturated rings. The Bertz CT molecular complexity index is 1100. The summed E-state index contributed by atoms with van der Waals surface area (Å²) in [5.41, 5.74) is 2.91. The zero-order valence-corrected chi connectivity index (χ0v) is 18.1. The second-order valence-electron chi connectivity index (χ2n) is 6.12. The normalized spacial score (nSPS) is 15.7. The highest BCUT2D eigenvalue weighted by atomic mass is 127. The molecule has 0 spiro atoms. The van der Waals surface area contributed by atoms with Crippen molar-refractivity contribution in [3.05, 3.63) is 62.1 Å². The van der Waals surface area contributed by atoms with Gasteiger partial charge in [-0.05, 0) is 57.6 Å². The summed E-state index contributed by atoms with van der Waals surface area (Å²) in [7, 11) is 0. The lowest BCUT2D eigenvalue weighted by Crippen LogP contribution is -2.42. The molecule has 0 saturated carbocycles. The van der Waals surface area contributed by atoms with E-state index in [0.29, 0.717) is 20.6 Å². The Morgan fingerprint density at radius 3 is 2.68 bits per heavy atom. The molecular weight excluding hydrogens is 539 g/mol. The number of nitrogens with one attached hydrogen (secondary N) is 1. The van der Waals surface area contributed by atoms with Crippen molar-refractivity contribution in [3.8, 4) is 17.2 Å². The number of aromatic hydroxyl groups is 1. The lowest BCUT2D eigenvalue weighted by atomic mass is 10.1. The molecule has 4 rings (SSSR count). The van der Waals surface area contributed by atoms with Gasteiger partial charge in [-0.3, -0.25) is 4.79 Å². The van der Waals surface area contributed by atoms with E-state index in [-0.39, 0.29) is 12.4 Å². The Balaban J connectivity index is 1.46. The number of nitrogens with zero attached hydrogens (tertiary/aromatic N) is 1. The Morgan fingerprint density at radius 1 is 1.21 bits per heavy atom. The van der Waals surface area contributed by atoms with Crippen molar-refractivity contribution >= 4 is 61.4 Å². The van der Waals surface area contributed by atoms with Crippen LogP contribution in [0, 0.1) is 3.57 Å². The minimum atomic E-state index is -0.818. The van der Waals surface area contributed by atoms with Gasteiger partial charge in [0.25, 0.3) is 5.91 Å². The van der Waals surface area contributed by atoms with E-state index >= 15 is 0 Å². The van der Waals surface area contributed by atoms with E-state index in [1.165, 1.54) is 6.21 Å². The molecular formula is C20H14BrIN2O4. The maximum Gasteiger partial charge on any atom is 0.284 e. The molecule has 0 bridgehead atoms. The number of halogens is 2. The van der Waals surface area contributed by atoms with Crippen LogP contribution >= 0.6 is 38.5 Å². The monoisotopic (exact) mass is 552 g/mol. The highest BCUT2D eigenvalue weighted by molar-refractivity contribution is 14.1. The first-order valence-corrected chi connectivity index (χ1v) is 10.2. The van der Waals surface area contributed by atoms with Gasteiger partial charge in [0.1, 0.15) is 12.4 Å². The molecule has 8 heteroatoms. The molecule has 3 aromatic carbocycles. The number of rotatable bonds is 3. The van der Waals surface area contributed by atoms with Crippen molar-refractivity contribution in [2.75, 3.05) is 6.61 Å². The van der Waals surface area contributed by atoms with Gasteiger partial charge >= 0.3 is 0 Å². The van der Waals surface area contributed by atoms with Crippen molar-refractivity contribution in [3.63, 3.8) is 0 Å². The van der Waals surface area contributed by atoms with Gasteiger partial charge in [0, 0.05) is 10.0 Å². The Morgan fingerprint density at radius 2 is 1.93 bits per heavy atom. The number of amides is 1. The second kappa shape index (κ2) is 7.96. The van der Waals surface area contributed by atoms with Crippen molar-refractivity contribution in [1.82, 2.24) is 5.43 Å². The van der Waals surface area contributed by atoms with E-state index in [2.05, 4.69) is 26.5 Å². The number of ether oxygens (including phenoxy) is 2. The van der Waals surface area contributed by atoms with Crippen LogP contribution in [-0.2, 0) is 4.79 Å². The molecule has 3 aromatic rings. The van der Waals surface area contributed by atoms with E-state index in [1.807, 2.05) is 59.0 Å². The first-order valence-electron chi connectivity index (χ1n) is 8.34. The molecule has 1 atom stereocenters. The molecule has 142 valence electrons. The van der Waals surface area contributed by atoms with Crippen molar-refractivity contribution in [2.45, 2.75) is 6.10 Å². The molecule has 1 aliphatic heterocycles. The first-order chi connectivity index (χ1) is 13.5. The van der Waals surface area contributed by atoms with Gasteiger partial charge in [0.05, 0.1) is 9.78 Å². The van der Waals surface area contributed by atoms with Gasteiger partial charge in [0.2, 0.25) is 6.10 Å². The third-order valence-corrected chi connectivity index (χ3v) is 5.48. The molecule has 0 radical (unpaired) electrons. The van der Waals surface area contributed by atoms with E-state index in [4.69, 9.17) is 9.47 Å². The third-order valence-electron chi connectivity index (χ3n) is 4.20. The first kappa shape index (κ1) is 19.0. The number of fused-ring (bicyclic) bond motifs is 2. The van der Waals surface area contributed by atoms with E-state index in [9.17, 15) is 9.90 Å². The fourth-order valence-electron chi connectivity index (χ4n) is 2.81. The predicted octanol–water partition coefficient (Wildman–Crippen LogP) is 4.20. The summed E-state index contributed by atoms with van der Waals surface area (Å²) in [5.74, 6) is 0.798. The molecule has 1 amide bonds. The summed E-state index contributed by atoms with van der Waals surface area (Å²) in [6.07, 6.45) is 0.563. The van der Waals surface area contributed by atoms with Gasteiger partial charge in [-0.1, -0.05) is 40.2 Å². The largest absolute Gasteiger partial charge is 0.506 e. The van der Waals surface area contributed by atoms with Crippen molar-refractivity contribution in [1.29, 1.82) is 0 Å². The predicted molar refractivity (Wildman–Crippen MR) is 118 cm³/mol. The Labute approximate surface area is 182 Å². The summed E-state index contributed by atoms with van der Waals surface area (Å²) in [6.45, 7) is 0.0900. The average Bonchev–Trinajstić information content (AvgIpc) is 2.69. The maximum absolute atomic E-state index is 12.4. The fourth-order valence-corrected chi connectivity index (χ4v) is 4.36. The van der Waals surface area contributed by atoms with Crippen LogP contribution in [0.2, 0.25) is 0 Å². The minimum Gasteiger partial charge on any atom is -0.506 e. The van der Waals surface area contributed by atoms with Gasteiger partial charge in [-0.15, -0.1) is 0 Å². The molecule has 0 unspecified atom stereocenters. The van der Waals surface area contributed by atoms with E-state index < -0.39 is 12.0 Å². The standard InChI is InChI=1S/C20H14BrIN2O4/c21-14-5-13(19(25)15(22)8-14)9-23-24-20(26)18-10-27-16-6-11-3-1-2-4-12(11)7-17(16)28-18/h1-9,18,25H,10H2,(H,24,26)/b23-9+/t18-/m1/s1. The fraction of sp³-hybridized carbons (Fsp3) is 0.100. The number of carbonyl (C=O) groups is 1. The third kappa shape index (κ3) is 3.93. The number of hydrogen-bond donors (Lipinski definition) is 2. The summed E-state index contributed by atoms with van der Waals surface area (Å²) in [4.78, 5) is 12.4. The molecule has 0 aliphatic carbocycles. The molecule has 1 heterocycles. The average molecular weight is 553 g/mol. The van der Waals surface area contributed by atoms with Crippen LogP contribution in [-0.4, -0.2) is 29.9 Å². The Kier molecular flexibility index (Phi) is 5.40. The summed E-state index contributed by atoms with van der Waals surface area (Å²) in [6, 6.07) is 15.1. The molecule has 0 aromatic heterocycles. The van der Waals surface area contributed by atoms with Crippen LogP contribution in [0.4, 0.5) is 0 Å². The van der Waals surface area contributed by atoms with Crippen LogP contribution in [0.3, 0.4) is 0 Å². The smallest absolute Gasteiger partial charge is 0.284 e. The molecule has 6 nitrogen and oxygen atoms in total. The number of phenols is 1. The molecule has 1 aliphatic rings.